The van der Waals surface area contributed by atoms with Crippen molar-refractivity contribution >= 4 is 11.6 Å². The van der Waals surface area contributed by atoms with Crippen LogP contribution in [0.2, 0.25) is 0 Å². The van der Waals surface area contributed by atoms with E-state index in [-0.39, 0.29) is 11.4 Å². The van der Waals surface area contributed by atoms with Gasteiger partial charge in [0.05, 0.1) is 18.2 Å². The van der Waals surface area contributed by atoms with E-state index in [1.54, 1.807) is 6.07 Å². The summed E-state index contributed by atoms with van der Waals surface area (Å²) in [5, 5.41) is 4.38. The van der Waals surface area contributed by atoms with E-state index in [4.69, 9.17) is 16.3 Å². The zero-order chi connectivity index (χ0) is 14.5. The lowest BCUT2D eigenvalue weighted by Gasteiger charge is -2.12. The fourth-order valence-corrected chi connectivity index (χ4v) is 2.19. The zero-order valence-corrected chi connectivity index (χ0v) is 12.4. The van der Waals surface area contributed by atoms with Gasteiger partial charge in [-0.15, -0.1) is 11.6 Å². The number of para-hydroxylation sites is 1. The molecule has 0 spiro atoms. The molecule has 0 bridgehead atoms. The van der Waals surface area contributed by atoms with Gasteiger partial charge in [0.1, 0.15) is 5.75 Å². The lowest BCUT2D eigenvalue weighted by molar-refractivity contribution is 0.341. The quantitative estimate of drug-likeness (QED) is 0.796. The minimum Gasteiger partial charge on any atom is -0.493 e. The summed E-state index contributed by atoms with van der Waals surface area (Å²) >= 11 is 5.85. The summed E-state index contributed by atoms with van der Waals surface area (Å²) < 4.78 is 7.03. The van der Waals surface area contributed by atoms with Crippen molar-refractivity contribution in [3.05, 3.63) is 46.2 Å². The molecule has 20 heavy (non-hydrogen) atoms. The minimum absolute atomic E-state index is 0.139. The van der Waals surface area contributed by atoms with Gasteiger partial charge in [-0.1, -0.05) is 12.1 Å². The van der Waals surface area contributed by atoms with Crippen LogP contribution in [0.5, 0.6) is 5.75 Å². The summed E-state index contributed by atoms with van der Waals surface area (Å²) in [6.07, 6.45) is 0. The van der Waals surface area contributed by atoms with Crippen molar-refractivity contribution in [3.8, 4) is 17.0 Å². The van der Waals surface area contributed by atoms with Crippen LogP contribution < -0.4 is 10.3 Å². The van der Waals surface area contributed by atoms with Crippen molar-refractivity contribution < 1.29 is 4.74 Å². The molecule has 0 saturated heterocycles. The van der Waals surface area contributed by atoms with Crippen LogP contribution >= 0.6 is 11.6 Å². The Balaban J connectivity index is 2.61. The third-order valence-corrected chi connectivity index (χ3v) is 3.24. The molecule has 0 unspecified atom stereocenters. The maximum Gasteiger partial charge on any atom is 0.271 e. The van der Waals surface area contributed by atoms with Gasteiger partial charge in [-0.3, -0.25) is 4.79 Å². The molecule has 0 amide bonds. The van der Waals surface area contributed by atoms with Crippen molar-refractivity contribution in [1.82, 2.24) is 9.78 Å². The van der Waals surface area contributed by atoms with Crippen LogP contribution in [0.15, 0.2) is 35.1 Å². The molecule has 2 rings (SSSR count). The van der Waals surface area contributed by atoms with Crippen molar-refractivity contribution in [1.29, 1.82) is 0 Å². The van der Waals surface area contributed by atoms with Gasteiger partial charge in [-0.25, -0.2) is 4.68 Å². The molecule has 2 aromatic rings. The second-order valence-electron chi connectivity index (χ2n) is 4.24. The third kappa shape index (κ3) is 2.85. The Kier molecular flexibility index (Phi) is 4.79. The van der Waals surface area contributed by atoms with Gasteiger partial charge < -0.3 is 4.74 Å². The Labute approximate surface area is 123 Å². The highest BCUT2D eigenvalue weighted by molar-refractivity contribution is 6.17. The number of hydrogen-bond donors (Lipinski definition) is 0. The van der Waals surface area contributed by atoms with Crippen LogP contribution in [-0.2, 0) is 12.4 Å². The van der Waals surface area contributed by atoms with E-state index in [0.29, 0.717) is 24.4 Å². The first-order valence-electron chi connectivity index (χ1n) is 6.60. The highest BCUT2D eigenvalue weighted by Gasteiger charge is 2.12. The van der Waals surface area contributed by atoms with Crippen LogP contribution in [0.4, 0.5) is 0 Å². The molecule has 0 N–H and O–H groups in total. The smallest absolute Gasteiger partial charge is 0.271 e. The Morgan fingerprint density at radius 3 is 2.70 bits per heavy atom. The Morgan fingerprint density at radius 2 is 2.05 bits per heavy atom. The van der Waals surface area contributed by atoms with E-state index in [0.717, 1.165) is 11.3 Å². The molecule has 1 aromatic heterocycles. The standard InChI is InChI=1S/C15H17ClN2O2/c1-3-18-15(19)11(10-16)9-13(17-18)12-7-5-6-8-14(12)20-4-2/h5-9H,3-4,10H2,1-2H3. The van der Waals surface area contributed by atoms with Crippen LogP contribution in [0, 0.1) is 0 Å². The predicted octanol–water partition coefficient (Wildman–Crippen LogP) is 3.07. The molecule has 0 aliphatic carbocycles. The van der Waals surface area contributed by atoms with Crippen LogP contribution in [0.3, 0.4) is 0 Å². The zero-order valence-electron chi connectivity index (χ0n) is 11.6. The fraction of sp³-hybridized carbons (Fsp3) is 0.333. The highest BCUT2D eigenvalue weighted by atomic mass is 35.5. The van der Waals surface area contributed by atoms with Gasteiger partial charge in [0.25, 0.3) is 5.56 Å². The van der Waals surface area contributed by atoms with E-state index >= 15 is 0 Å². The molecule has 4 nitrogen and oxygen atoms in total. The number of halogens is 1. The number of aromatic nitrogens is 2. The van der Waals surface area contributed by atoms with Crippen LogP contribution in [0.25, 0.3) is 11.3 Å². The third-order valence-electron chi connectivity index (χ3n) is 2.95. The molecule has 5 heteroatoms. The molecule has 1 heterocycles. The maximum atomic E-state index is 12.0. The lowest BCUT2D eigenvalue weighted by atomic mass is 10.1. The predicted molar refractivity (Wildman–Crippen MR) is 80.3 cm³/mol. The van der Waals surface area contributed by atoms with Gasteiger partial charge in [0, 0.05) is 17.7 Å². The monoisotopic (exact) mass is 292 g/mol. The molecule has 0 saturated carbocycles. The topological polar surface area (TPSA) is 44.1 Å². The number of aryl methyl sites for hydroxylation is 1. The van der Waals surface area contributed by atoms with Crippen molar-refractivity contribution in [2.75, 3.05) is 6.61 Å². The molecular weight excluding hydrogens is 276 g/mol. The largest absolute Gasteiger partial charge is 0.493 e. The first kappa shape index (κ1) is 14.6. The second-order valence-corrected chi connectivity index (χ2v) is 4.51. The summed E-state index contributed by atoms with van der Waals surface area (Å²) in [4.78, 5) is 12.0. The van der Waals surface area contributed by atoms with E-state index in [1.165, 1.54) is 4.68 Å². The maximum absolute atomic E-state index is 12.0. The molecule has 0 radical (unpaired) electrons. The van der Waals surface area contributed by atoms with Crippen molar-refractivity contribution in [2.45, 2.75) is 26.3 Å². The summed E-state index contributed by atoms with van der Waals surface area (Å²) in [7, 11) is 0. The van der Waals surface area contributed by atoms with Gasteiger partial charge in [-0.2, -0.15) is 5.10 Å². The first-order valence-corrected chi connectivity index (χ1v) is 7.13. The van der Waals surface area contributed by atoms with Gasteiger partial charge >= 0.3 is 0 Å². The summed E-state index contributed by atoms with van der Waals surface area (Å²) in [5.41, 5.74) is 1.97. The Hall–Kier alpha value is -1.81. The van der Waals surface area contributed by atoms with Crippen LogP contribution in [-0.4, -0.2) is 16.4 Å². The van der Waals surface area contributed by atoms with E-state index in [1.807, 2.05) is 38.1 Å². The van der Waals surface area contributed by atoms with Crippen LogP contribution in [0.1, 0.15) is 19.4 Å². The minimum atomic E-state index is -0.139. The van der Waals surface area contributed by atoms with Gasteiger partial charge in [0.2, 0.25) is 0 Å². The lowest BCUT2D eigenvalue weighted by Crippen LogP contribution is -2.25. The number of hydrogen-bond acceptors (Lipinski definition) is 3. The molecule has 0 aliphatic heterocycles. The van der Waals surface area contributed by atoms with E-state index < -0.39 is 0 Å². The van der Waals surface area contributed by atoms with E-state index in [9.17, 15) is 4.79 Å². The molecule has 0 fully saturated rings. The fourth-order valence-electron chi connectivity index (χ4n) is 2.00. The average molecular weight is 293 g/mol. The van der Waals surface area contributed by atoms with Crippen molar-refractivity contribution in [3.63, 3.8) is 0 Å². The van der Waals surface area contributed by atoms with Gasteiger partial charge in [-0.05, 0) is 32.0 Å². The number of alkyl halides is 1. The Morgan fingerprint density at radius 1 is 1.30 bits per heavy atom. The Bertz CT molecular complexity index is 624. The first-order chi connectivity index (χ1) is 9.71. The molecular formula is C15H17ClN2O2. The normalized spacial score (nSPS) is 10.6. The second kappa shape index (κ2) is 6.57. The summed E-state index contributed by atoms with van der Waals surface area (Å²) in [6.45, 7) is 4.90. The molecule has 0 atom stereocenters. The molecule has 0 aliphatic rings. The van der Waals surface area contributed by atoms with Gasteiger partial charge in [0.15, 0.2) is 0 Å². The van der Waals surface area contributed by atoms with Crippen molar-refractivity contribution in [2.24, 2.45) is 0 Å². The SMILES string of the molecule is CCOc1ccccc1-c1cc(CCl)c(=O)n(CC)n1. The molecule has 1 aromatic carbocycles. The number of ether oxygens (including phenoxy) is 1. The summed E-state index contributed by atoms with van der Waals surface area (Å²) in [6, 6.07) is 9.38. The number of rotatable bonds is 5. The number of benzene rings is 1. The summed E-state index contributed by atoms with van der Waals surface area (Å²) in [5.74, 6) is 0.926. The highest BCUT2D eigenvalue weighted by Crippen LogP contribution is 2.28. The van der Waals surface area contributed by atoms with E-state index in [2.05, 4.69) is 5.10 Å². The number of nitrogens with zero attached hydrogens (tertiary/aromatic N) is 2. The molecule has 106 valence electrons. The average Bonchev–Trinajstić information content (AvgIpc) is 2.48.